The topological polar surface area (TPSA) is 109 Å². The summed E-state index contributed by atoms with van der Waals surface area (Å²) >= 11 is 0. The standard InChI is InChI=1S/C11H15N5O3S/c1-12-11(17)9-5-8(7-16(9)2)20(18,19)15-6-10-13-3-4-14-10/h3-5,7,15H,6H2,1-2H3,(H,12,17)(H,13,14). The second kappa shape index (κ2) is 5.47. The van der Waals surface area contributed by atoms with E-state index >= 15 is 0 Å². The van der Waals surface area contributed by atoms with E-state index in [1.54, 1.807) is 13.2 Å². The van der Waals surface area contributed by atoms with Gasteiger partial charge >= 0.3 is 0 Å². The molecule has 0 aliphatic rings. The lowest BCUT2D eigenvalue weighted by atomic mass is 10.4. The van der Waals surface area contributed by atoms with Crippen molar-refractivity contribution >= 4 is 15.9 Å². The minimum Gasteiger partial charge on any atom is -0.354 e. The summed E-state index contributed by atoms with van der Waals surface area (Å²) in [6.45, 7) is 0.0551. The van der Waals surface area contributed by atoms with Crippen LogP contribution >= 0.6 is 0 Å². The van der Waals surface area contributed by atoms with Gasteiger partial charge in [-0.05, 0) is 6.07 Å². The molecular weight excluding hydrogens is 282 g/mol. The van der Waals surface area contributed by atoms with Crippen LogP contribution in [0.15, 0.2) is 29.6 Å². The van der Waals surface area contributed by atoms with Gasteiger partial charge in [0.1, 0.15) is 16.4 Å². The number of nitrogens with zero attached hydrogens (tertiary/aromatic N) is 2. The highest BCUT2D eigenvalue weighted by molar-refractivity contribution is 7.89. The number of imidazole rings is 1. The average molecular weight is 297 g/mol. The third-order valence-electron chi connectivity index (χ3n) is 2.73. The quantitative estimate of drug-likeness (QED) is 0.696. The Kier molecular flexibility index (Phi) is 3.91. The molecule has 9 heteroatoms. The van der Waals surface area contributed by atoms with Crippen molar-refractivity contribution in [2.75, 3.05) is 7.05 Å². The lowest BCUT2D eigenvalue weighted by Crippen LogP contribution is -2.23. The molecule has 2 aromatic rings. The van der Waals surface area contributed by atoms with E-state index in [2.05, 4.69) is 20.0 Å². The third-order valence-corrected chi connectivity index (χ3v) is 4.10. The van der Waals surface area contributed by atoms with E-state index in [4.69, 9.17) is 0 Å². The van der Waals surface area contributed by atoms with Crippen molar-refractivity contribution in [3.8, 4) is 0 Å². The first-order valence-corrected chi connectivity index (χ1v) is 7.28. The second-order valence-electron chi connectivity index (χ2n) is 4.11. The number of H-pyrrole nitrogens is 1. The summed E-state index contributed by atoms with van der Waals surface area (Å²) in [6, 6.07) is 1.32. The van der Waals surface area contributed by atoms with Crippen molar-refractivity contribution < 1.29 is 13.2 Å². The van der Waals surface area contributed by atoms with E-state index in [0.717, 1.165) is 0 Å². The van der Waals surface area contributed by atoms with E-state index < -0.39 is 10.0 Å². The number of carbonyl (C=O) groups is 1. The Balaban J connectivity index is 2.19. The molecule has 0 bridgehead atoms. The fourth-order valence-corrected chi connectivity index (χ4v) is 2.73. The van der Waals surface area contributed by atoms with Gasteiger partial charge in [-0.1, -0.05) is 0 Å². The molecule has 0 saturated heterocycles. The maximum Gasteiger partial charge on any atom is 0.267 e. The van der Waals surface area contributed by atoms with Gasteiger partial charge in [-0.2, -0.15) is 0 Å². The molecule has 0 saturated carbocycles. The Morgan fingerprint density at radius 2 is 2.25 bits per heavy atom. The second-order valence-corrected chi connectivity index (χ2v) is 5.88. The van der Waals surface area contributed by atoms with Crippen LogP contribution in [0.5, 0.6) is 0 Å². The summed E-state index contributed by atoms with van der Waals surface area (Å²) in [5.74, 6) is 0.163. The minimum atomic E-state index is -3.69. The van der Waals surface area contributed by atoms with E-state index in [1.807, 2.05) is 0 Å². The molecule has 0 unspecified atom stereocenters. The molecule has 0 atom stereocenters. The zero-order chi connectivity index (χ0) is 14.8. The van der Waals surface area contributed by atoms with Crippen molar-refractivity contribution in [1.82, 2.24) is 24.6 Å². The van der Waals surface area contributed by atoms with Crippen LogP contribution in [0.4, 0.5) is 0 Å². The molecule has 1 amide bonds. The van der Waals surface area contributed by atoms with E-state index in [-0.39, 0.29) is 23.0 Å². The Labute approximate surface area is 116 Å². The SMILES string of the molecule is CNC(=O)c1cc(S(=O)(=O)NCc2ncc[nH]2)cn1C. The average Bonchev–Trinajstić information content (AvgIpc) is 3.05. The smallest absolute Gasteiger partial charge is 0.267 e. The molecule has 20 heavy (non-hydrogen) atoms. The number of rotatable bonds is 5. The number of aromatic nitrogens is 3. The number of aryl methyl sites for hydroxylation is 1. The predicted molar refractivity (Wildman–Crippen MR) is 71.4 cm³/mol. The van der Waals surface area contributed by atoms with Crippen LogP contribution in [0.2, 0.25) is 0 Å². The van der Waals surface area contributed by atoms with Crippen molar-refractivity contribution in [3.63, 3.8) is 0 Å². The highest BCUT2D eigenvalue weighted by Crippen LogP contribution is 2.13. The van der Waals surface area contributed by atoms with Crippen LogP contribution in [0.1, 0.15) is 16.3 Å². The number of aromatic amines is 1. The molecule has 0 aliphatic heterocycles. The molecule has 2 rings (SSSR count). The van der Waals surface area contributed by atoms with Crippen LogP contribution in [0, 0.1) is 0 Å². The molecule has 3 N–H and O–H groups in total. The highest BCUT2D eigenvalue weighted by Gasteiger charge is 2.20. The normalized spacial score (nSPS) is 11.5. The molecule has 0 fully saturated rings. The largest absolute Gasteiger partial charge is 0.354 e. The first-order valence-electron chi connectivity index (χ1n) is 5.80. The van der Waals surface area contributed by atoms with Gasteiger partial charge in [0.15, 0.2) is 0 Å². The van der Waals surface area contributed by atoms with Crippen molar-refractivity contribution in [2.24, 2.45) is 7.05 Å². The van der Waals surface area contributed by atoms with Gasteiger partial charge in [-0.15, -0.1) is 0 Å². The minimum absolute atomic E-state index is 0.0326. The van der Waals surface area contributed by atoms with Crippen molar-refractivity contribution in [3.05, 3.63) is 36.2 Å². The third kappa shape index (κ3) is 2.89. The van der Waals surface area contributed by atoms with Gasteiger partial charge in [0.25, 0.3) is 5.91 Å². The van der Waals surface area contributed by atoms with Crippen LogP contribution in [-0.2, 0) is 23.6 Å². The first-order chi connectivity index (χ1) is 9.44. The Hall–Kier alpha value is -2.13. The van der Waals surface area contributed by atoms with Gasteiger partial charge in [0, 0.05) is 32.7 Å². The monoisotopic (exact) mass is 297 g/mol. The molecule has 0 spiro atoms. The maximum absolute atomic E-state index is 12.1. The van der Waals surface area contributed by atoms with E-state index in [9.17, 15) is 13.2 Å². The maximum atomic E-state index is 12.1. The van der Waals surface area contributed by atoms with Gasteiger partial charge in [0.05, 0.1) is 6.54 Å². The number of sulfonamides is 1. The summed E-state index contributed by atoms with van der Waals surface area (Å²) in [5.41, 5.74) is 0.269. The lowest BCUT2D eigenvalue weighted by molar-refractivity contribution is 0.0955. The molecule has 2 aromatic heterocycles. The van der Waals surface area contributed by atoms with Gasteiger partial charge in [0.2, 0.25) is 10.0 Å². The Bertz CT molecular complexity index is 703. The molecule has 0 aliphatic carbocycles. The number of amides is 1. The molecule has 0 radical (unpaired) electrons. The number of hydrogen-bond acceptors (Lipinski definition) is 4. The molecular formula is C11H15N5O3S. The van der Waals surface area contributed by atoms with Crippen LogP contribution in [-0.4, -0.2) is 35.9 Å². The van der Waals surface area contributed by atoms with Crippen molar-refractivity contribution in [1.29, 1.82) is 0 Å². The fraction of sp³-hybridized carbons (Fsp3) is 0.273. The van der Waals surface area contributed by atoms with Crippen LogP contribution < -0.4 is 10.0 Å². The zero-order valence-corrected chi connectivity index (χ0v) is 11.9. The zero-order valence-electron chi connectivity index (χ0n) is 11.0. The summed E-state index contributed by atoms with van der Waals surface area (Å²) < 4.78 is 28.1. The molecule has 8 nitrogen and oxygen atoms in total. The van der Waals surface area contributed by atoms with Gasteiger partial charge in [-0.25, -0.2) is 18.1 Å². The Morgan fingerprint density at radius 1 is 1.50 bits per heavy atom. The highest BCUT2D eigenvalue weighted by atomic mass is 32.2. The molecule has 108 valence electrons. The van der Waals surface area contributed by atoms with Gasteiger partial charge < -0.3 is 14.9 Å². The summed E-state index contributed by atoms with van der Waals surface area (Å²) in [5, 5.41) is 2.45. The first kappa shape index (κ1) is 14.3. The fourth-order valence-electron chi connectivity index (χ4n) is 1.68. The van der Waals surface area contributed by atoms with Crippen LogP contribution in [0.3, 0.4) is 0 Å². The summed E-state index contributed by atoms with van der Waals surface area (Å²) in [7, 11) is -0.599. The van der Waals surface area contributed by atoms with Gasteiger partial charge in [-0.3, -0.25) is 4.79 Å². The summed E-state index contributed by atoms with van der Waals surface area (Å²) in [6.07, 6.45) is 4.53. The molecule has 2 heterocycles. The van der Waals surface area contributed by atoms with Crippen molar-refractivity contribution in [2.45, 2.75) is 11.4 Å². The summed E-state index contributed by atoms with van der Waals surface area (Å²) in [4.78, 5) is 18.3. The van der Waals surface area contributed by atoms with E-state index in [0.29, 0.717) is 5.82 Å². The van der Waals surface area contributed by atoms with Crippen LogP contribution in [0.25, 0.3) is 0 Å². The number of carbonyl (C=O) groups excluding carboxylic acids is 1. The number of hydrogen-bond donors (Lipinski definition) is 3. The predicted octanol–water partition coefficient (Wildman–Crippen LogP) is -0.414. The van der Waals surface area contributed by atoms with E-state index in [1.165, 1.54) is 30.1 Å². The lowest BCUT2D eigenvalue weighted by Gasteiger charge is -2.02. The number of nitrogens with one attached hydrogen (secondary N) is 3. The molecule has 0 aromatic carbocycles. The Morgan fingerprint density at radius 3 is 2.85 bits per heavy atom.